The van der Waals surface area contributed by atoms with Crippen molar-refractivity contribution in [2.24, 2.45) is 0 Å². The molecule has 0 aromatic rings. The van der Waals surface area contributed by atoms with Crippen molar-refractivity contribution in [2.45, 2.75) is 17.8 Å². The van der Waals surface area contributed by atoms with Crippen molar-refractivity contribution in [1.82, 2.24) is 0 Å². The molecule has 0 aliphatic heterocycles. The average molecular weight is 325 g/mol. The van der Waals surface area contributed by atoms with Crippen molar-refractivity contribution in [2.75, 3.05) is 6.61 Å². The van der Waals surface area contributed by atoms with Crippen LogP contribution in [0.25, 0.3) is 0 Å². The maximum atomic E-state index is 7.20. The predicted octanol–water partition coefficient (Wildman–Crippen LogP) is 3.05. The summed E-state index contributed by atoms with van der Waals surface area (Å²) in [5.74, 6) is 0.218. The number of hydrogen-bond donors (Lipinski definition) is 1. The zero-order valence-electron chi connectivity index (χ0n) is 6.16. The molecule has 0 radical (unpaired) electrons. The van der Waals surface area contributed by atoms with Gasteiger partial charge in [0.15, 0.2) is 0 Å². The van der Waals surface area contributed by atoms with Crippen LogP contribution in [0, 0.1) is 5.41 Å². The third-order valence-corrected chi connectivity index (χ3v) is 7.09. The van der Waals surface area contributed by atoms with Crippen LogP contribution in [0.2, 0.25) is 4.44 Å². The van der Waals surface area contributed by atoms with Gasteiger partial charge in [-0.3, -0.25) is 0 Å². The molecule has 11 heavy (non-hydrogen) atoms. The van der Waals surface area contributed by atoms with Gasteiger partial charge in [-0.2, -0.15) is 0 Å². The zero-order valence-corrected chi connectivity index (χ0v) is 11.3. The molecule has 0 heterocycles. The fourth-order valence-corrected chi connectivity index (χ4v) is 3.86. The first-order valence-corrected chi connectivity index (χ1v) is 16.1. The summed E-state index contributed by atoms with van der Waals surface area (Å²) in [6.45, 7) is 2.33. The van der Waals surface area contributed by atoms with Crippen molar-refractivity contribution < 1.29 is 4.74 Å². The van der Waals surface area contributed by atoms with Crippen LogP contribution in [-0.4, -0.2) is 27.5 Å². The van der Waals surface area contributed by atoms with Crippen molar-refractivity contribution in [3.63, 3.8) is 0 Å². The second-order valence-electron chi connectivity index (χ2n) is 1.97. The van der Waals surface area contributed by atoms with Crippen molar-refractivity contribution in [3.8, 4) is 0 Å². The van der Waals surface area contributed by atoms with Gasteiger partial charge in [0.25, 0.3) is 0 Å². The molecule has 0 aliphatic rings. The molecule has 1 N–H and O–H groups in total. The van der Waals surface area contributed by atoms with Crippen molar-refractivity contribution >= 4 is 47.7 Å². The molecular weight excluding hydrogens is 315 g/mol. The minimum atomic E-state index is -3.21. The van der Waals surface area contributed by atoms with Crippen molar-refractivity contribution in [1.29, 1.82) is 5.41 Å². The molecule has 0 spiro atoms. The van der Waals surface area contributed by atoms with E-state index in [4.69, 9.17) is 36.9 Å². The molecule has 0 rings (SSSR count). The Bertz CT molecular complexity index is 136. The van der Waals surface area contributed by atoms with Gasteiger partial charge in [-0.15, -0.1) is 0 Å². The molecule has 2 nitrogen and oxygen atoms in total. The second kappa shape index (κ2) is 5.73. The van der Waals surface area contributed by atoms with Crippen LogP contribution >= 0.6 is 26.8 Å². The number of hydrogen-bond acceptors (Lipinski definition) is 2. The molecule has 0 bridgehead atoms. The van der Waals surface area contributed by atoms with Gasteiger partial charge >= 0.3 is 82.2 Å². The van der Waals surface area contributed by atoms with Gasteiger partial charge < -0.3 is 0 Å². The van der Waals surface area contributed by atoms with Gasteiger partial charge in [0, 0.05) is 0 Å². The Morgan fingerprint density at radius 3 is 2.36 bits per heavy atom. The van der Waals surface area contributed by atoms with Crippen LogP contribution in [0.4, 0.5) is 0 Å². The molecule has 0 amide bonds. The monoisotopic (exact) mass is 325 g/mol. The standard InChI is InChI=1S/C5H10NO.3ClH.Sn/c1-3-5(6)7-4-2;;;;/h6H,1,3-4H2,2H3;3*1H;/q;;;;+3/p-3. The Morgan fingerprint density at radius 2 is 2.00 bits per heavy atom. The molecule has 0 fully saturated rings. The Morgan fingerprint density at radius 1 is 1.45 bits per heavy atom. The van der Waals surface area contributed by atoms with Crippen LogP contribution < -0.4 is 0 Å². The molecule has 66 valence electrons. The summed E-state index contributed by atoms with van der Waals surface area (Å²) in [6.07, 6.45) is 0.459. The van der Waals surface area contributed by atoms with Crippen LogP contribution in [0.3, 0.4) is 0 Å². The van der Waals surface area contributed by atoms with E-state index in [1.807, 2.05) is 6.92 Å². The van der Waals surface area contributed by atoms with E-state index >= 15 is 0 Å². The molecular formula is C5H10Cl3NOSn. The normalized spacial score (nSPS) is 11.3. The summed E-state index contributed by atoms with van der Waals surface area (Å²) in [5.41, 5.74) is 0. The third kappa shape index (κ3) is 9.05. The summed E-state index contributed by atoms with van der Waals surface area (Å²) in [4.78, 5) is 0. The number of rotatable bonds is 4. The summed E-state index contributed by atoms with van der Waals surface area (Å²) in [6, 6.07) is 0. The van der Waals surface area contributed by atoms with E-state index in [2.05, 4.69) is 0 Å². The van der Waals surface area contributed by atoms with E-state index in [0.717, 1.165) is 0 Å². The van der Waals surface area contributed by atoms with E-state index in [1.54, 1.807) is 0 Å². The summed E-state index contributed by atoms with van der Waals surface area (Å²) < 4.78 is 5.40. The van der Waals surface area contributed by atoms with Gasteiger partial charge in [0.1, 0.15) is 0 Å². The number of halogens is 3. The molecule has 0 saturated carbocycles. The van der Waals surface area contributed by atoms with Gasteiger partial charge in [-0.05, 0) is 0 Å². The van der Waals surface area contributed by atoms with Crippen LogP contribution in [0.1, 0.15) is 13.3 Å². The summed E-state index contributed by atoms with van der Waals surface area (Å²) in [5, 5.41) is 7.20. The summed E-state index contributed by atoms with van der Waals surface area (Å²) >= 11 is -3.21. The molecule has 0 unspecified atom stereocenters. The molecule has 0 aromatic carbocycles. The fourth-order valence-electron chi connectivity index (χ4n) is 0.502. The molecule has 0 atom stereocenters. The first-order chi connectivity index (χ1) is 4.95. The topological polar surface area (TPSA) is 33.1 Å². The van der Waals surface area contributed by atoms with Crippen molar-refractivity contribution in [3.05, 3.63) is 0 Å². The molecule has 6 heteroatoms. The van der Waals surface area contributed by atoms with E-state index < -0.39 is 15.0 Å². The Labute approximate surface area is 81.7 Å². The number of nitrogens with one attached hydrogen (secondary N) is 1. The first kappa shape index (κ1) is 12.1. The first-order valence-electron chi connectivity index (χ1n) is 3.22. The Kier molecular flexibility index (Phi) is 6.32. The quantitative estimate of drug-likeness (QED) is 0.481. The van der Waals surface area contributed by atoms with Gasteiger partial charge in [-0.25, -0.2) is 0 Å². The van der Waals surface area contributed by atoms with E-state index in [0.29, 0.717) is 17.5 Å². The zero-order chi connectivity index (χ0) is 8.91. The maximum absolute atomic E-state index is 7.20. The van der Waals surface area contributed by atoms with Crippen LogP contribution in [0.15, 0.2) is 0 Å². The summed E-state index contributed by atoms with van der Waals surface area (Å²) in [7, 11) is 17.0. The molecule has 0 aliphatic carbocycles. The van der Waals surface area contributed by atoms with Gasteiger partial charge in [0.2, 0.25) is 0 Å². The van der Waals surface area contributed by atoms with E-state index in [-0.39, 0.29) is 5.90 Å². The Balaban J connectivity index is 3.46. The fraction of sp³-hybridized carbons (Fsp3) is 0.800. The van der Waals surface area contributed by atoms with E-state index in [1.165, 1.54) is 0 Å². The predicted molar refractivity (Wildman–Crippen MR) is 52.1 cm³/mol. The minimum absolute atomic E-state index is 0.218. The van der Waals surface area contributed by atoms with E-state index in [9.17, 15) is 0 Å². The van der Waals surface area contributed by atoms with Crippen LogP contribution in [0.5, 0.6) is 0 Å². The van der Waals surface area contributed by atoms with Gasteiger partial charge in [-0.1, -0.05) is 0 Å². The number of ether oxygens (including phenoxy) is 1. The molecule has 0 saturated heterocycles. The van der Waals surface area contributed by atoms with Gasteiger partial charge in [0.05, 0.1) is 0 Å². The second-order valence-corrected chi connectivity index (χ2v) is 23.8. The van der Waals surface area contributed by atoms with Crippen LogP contribution in [-0.2, 0) is 4.74 Å². The SMILES string of the molecule is CCOC(=N)C[CH2][Sn]([Cl])([Cl])[Cl]. The third-order valence-electron chi connectivity index (χ3n) is 0.954. The average Bonchev–Trinajstić information content (AvgIpc) is 1.83. The Hall–Kier alpha value is 1.14. The molecule has 0 aromatic heterocycles.